The Hall–Kier alpha value is -4.77. The molecule has 1 amide bonds. The average molecular weight is 690 g/mol. The van der Waals surface area contributed by atoms with Gasteiger partial charge >= 0.3 is 0 Å². The molecule has 1 aliphatic heterocycles. The van der Waals surface area contributed by atoms with Crippen molar-refractivity contribution < 1.29 is 24.1 Å². The summed E-state index contributed by atoms with van der Waals surface area (Å²) in [5.74, 6) is 1.00. The second-order valence-corrected chi connectivity index (χ2v) is 11.8. The minimum absolute atomic E-state index is 0.0339. The Morgan fingerprint density at radius 2 is 1.81 bits per heavy atom. The molecule has 13 heteroatoms. The van der Waals surface area contributed by atoms with Gasteiger partial charge in [0.15, 0.2) is 11.6 Å². The third-order valence-electron chi connectivity index (χ3n) is 7.80. The van der Waals surface area contributed by atoms with Crippen LogP contribution < -0.4 is 20.3 Å². The molecule has 0 aliphatic carbocycles. The number of amides is 1. The lowest BCUT2D eigenvalue weighted by atomic mass is 9.81. The Kier molecular flexibility index (Phi) is 11.8. The number of rotatable bonds is 15. The number of halogens is 2. The van der Waals surface area contributed by atoms with Crippen molar-refractivity contribution >= 4 is 35.0 Å². The Morgan fingerprint density at radius 3 is 2.54 bits per heavy atom. The molecule has 0 spiro atoms. The van der Waals surface area contributed by atoms with Crippen LogP contribution in [0.1, 0.15) is 40.3 Å². The number of hydrogen-bond acceptors (Lipinski definition) is 8. The van der Waals surface area contributed by atoms with Crippen molar-refractivity contribution in [3.8, 4) is 11.5 Å². The molecule has 4 aromatic carbocycles. The molecule has 0 saturated carbocycles. The minimum Gasteiger partial charge on any atom is -0.497 e. The zero-order valence-corrected chi connectivity index (χ0v) is 27.6. The highest BCUT2D eigenvalue weighted by Gasteiger charge is 2.53. The molecule has 0 unspecified atom stereocenters. The van der Waals surface area contributed by atoms with Crippen molar-refractivity contribution in [3.63, 3.8) is 0 Å². The molecule has 0 fully saturated rings. The molecular weight excluding hydrogens is 655 g/mol. The van der Waals surface area contributed by atoms with E-state index in [4.69, 9.17) is 53.0 Å². The Bertz CT molecular complexity index is 1820. The third-order valence-corrected chi connectivity index (χ3v) is 8.39. The van der Waals surface area contributed by atoms with Crippen LogP contribution >= 0.6 is 23.2 Å². The number of hydrogen-bond donors (Lipinski definition) is 3. The number of ether oxygens (including phenoxy) is 3. The molecule has 2 atom stereocenters. The van der Waals surface area contributed by atoms with Gasteiger partial charge in [0.1, 0.15) is 11.5 Å². The van der Waals surface area contributed by atoms with E-state index in [0.29, 0.717) is 45.7 Å². The number of aliphatic hydroxyl groups excluding tert-OH is 1. The van der Waals surface area contributed by atoms with Gasteiger partial charge in [-0.25, -0.2) is 10.4 Å². The highest BCUT2D eigenvalue weighted by Crippen LogP contribution is 2.43. The van der Waals surface area contributed by atoms with Crippen LogP contribution in [0.4, 0.5) is 0 Å². The van der Waals surface area contributed by atoms with E-state index in [1.807, 2.05) is 48.5 Å². The normalized spacial score (nSPS) is 16.8. The summed E-state index contributed by atoms with van der Waals surface area (Å²) < 4.78 is 17.8. The van der Waals surface area contributed by atoms with Gasteiger partial charge in [-0.05, 0) is 76.3 Å². The van der Waals surface area contributed by atoms with E-state index in [1.165, 1.54) is 0 Å². The first-order valence-electron chi connectivity index (χ1n) is 15.2. The van der Waals surface area contributed by atoms with Crippen molar-refractivity contribution in [2.75, 3.05) is 20.3 Å². The lowest BCUT2D eigenvalue weighted by Gasteiger charge is -2.31. The van der Waals surface area contributed by atoms with Gasteiger partial charge in [-0.2, -0.15) is 0 Å². The molecule has 11 nitrogen and oxygen atoms in total. The Labute approximate surface area is 288 Å². The number of nitrogens with one attached hydrogen (secondary N) is 2. The number of benzene rings is 4. The number of aliphatic imine (C=N–C) groups is 1. The number of carbonyl (C=O) groups is 1. The predicted molar refractivity (Wildman–Crippen MR) is 184 cm³/mol. The summed E-state index contributed by atoms with van der Waals surface area (Å²) in [6.45, 7) is 0.713. The van der Waals surface area contributed by atoms with Crippen LogP contribution in [0.25, 0.3) is 10.4 Å². The first-order chi connectivity index (χ1) is 23.4. The van der Waals surface area contributed by atoms with E-state index in [-0.39, 0.29) is 32.0 Å². The van der Waals surface area contributed by atoms with Crippen LogP contribution in [0, 0.1) is 0 Å². The monoisotopic (exact) mass is 688 g/mol. The molecule has 4 aromatic rings. The van der Waals surface area contributed by atoms with E-state index >= 15 is 0 Å². The summed E-state index contributed by atoms with van der Waals surface area (Å²) >= 11 is 12.5. The molecule has 0 bridgehead atoms. The third kappa shape index (κ3) is 8.20. The number of aliphatic hydroxyl groups is 1. The Morgan fingerprint density at radius 1 is 1.02 bits per heavy atom. The molecule has 0 aromatic heterocycles. The van der Waals surface area contributed by atoms with Gasteiger partial charge in [-0.1, -0.05) is 70.8 Å². The fraction of sp³-hybridized carbons (Fsp3) is 0.257. The molecule has 1 heterocycles. The molecule has 0 radical (unpaired) electrons. The molecular formula is C35H34Cl2N6O5. The quantitative estimate of drug-likeness (QED) is 0.0407. The first kappa shape index (κ1) is 34.6. The maximum Gasteiger partial charge on any atom is 0.266 e. The Balaban J connectivity index is 1.57. The van der Waals surface area contributed by atoms with E-state index in [2.05, 4.69) is 20.9 Å². The van der Waals surface area contributed by atoms with Crippen LogP contribution in [-0.4, -0.2) is 42.8 Å². The zero-order chi connectivity index (χ0) is 33.9. The van der Waals surface area contributed by atoms with E-state index in [9.17, 15) is 4.79 Å². The van der Waals surface area contributed by atoms with E-state index < -0.39 is 17.6 Å². The van der Waals surface area contributed by atoms with E-state index in [0.717, 1.165) is 16.7 Å². The van der Waals surface area contributed by atoms with E-state index in [1.54, 1.807) is 49.6 Å². The summed E-state index contributed by atoms with van der Waals surface area (Å²) in [5.41, 5.74) is 16.9. The van der Waals surface area contributed by atoms with Crippen molar-refractivity contribution in [2.45, 2.75) is 37.6 Å². The second-order valence-electron chi connectivity index (χ2n) is 10.9. The van der Waals surface area contributed by atoms with Gasteiger partial charge < -0.3 is 19.3 Å². The highest BCUT2D eigenvalue weighted by atomic mass is 35.5. The summed E-state index contributed by atoms with van der Waals surface area (Å²) in [6, 6.07) is 27.1. The maximum atomic E-state index is 14.6. The van der Waals surface area contributed by atoms with Crippen molar-refractivity contribution in [2.24, 2.45) is 10.1 Å². The summed E-state index contributed by atoms with van der Waals surface area (Å²) in [5, 5.41) is 13.8. The summed E-state index contributed by atoms with van der Waals surface area (Å²) in [6.07, 6.45) is -0.277. The summed E-state index contributed by atoms with van der Waals surface area (Å²) in [4.78, 5) is 22.6. The number of methoxy groups -OCH3 is 1. The van der Waals surface area contributed by atoms with Gasteiger partial charge in [0.05, 0.1) is 20.3 Å². The standard InChI is InChI=1S/C35H34Cl2N6O5/c1-46-30-9-4-8-24(18-30)32-35(20-25-6-2-3-7-26(25)21-40-43-38,34(45)42-39-22-27-10-13-28(36)19-31(27)37)41-33(48-32)23-11-14-29(15-12-23)47-17-5-16-44/h2-4,6-15,18-19,32,39,44H,5,16-17,20-22H2,1H3,(H,42,45)/t32-,35-/m0/s1. The molecule has 5 rings (SSSR count). The number of hydrazine groups is 1. The molecule has 1 aliphatic rings. The van der Waals surface area contributed by atoms with Crippen LogP contribution in [0.5, 0.6) is 11.5 Å². The van der Waals surface area contributed by atoms with Crippen molar-refractivity contribution in [3.05, 3.63) is 139 Å². The lowest BCUT2D eigenvalue weighted by Crippen LogP contribution is -2.53. The van der Waals surface area contributed by atoms with Gasteiger partial charge in [-0.15, -0.1) is 0 Å². The number of nitrogens with zero attached hydrogens (tertiary/aromatic N) is 4. The topological polar surface area (TPSA) is 150 Å². The fourth-order valence-electron chi connectivity index (χ4n) is 5.36. The fourth-order valence-corrected chi connectivity index (χ4v) is 5.84. The van der Waals surface area contributed by atoms with Crippen LogP contribution in [0.3, 0.4) is 0 Å². The second kappa shape index (κ2) is 16.4. The van der Waals surface area contributed by atoms with Gasteiger partial charge in [0.25, 0.3) is 5.91 Å². The molecule has 248 valence electrons. The first-order valence-corrected chi connectivity index (χ1v) is 15.9. The van der Waals surface area contributed by atoms with Crippen LogP contribution in [-0.2, 0) is 29.0 Å². The zero-order valence-electron chi connectivity index (χ0n) is 26.1. The minimum atomic E-state index is -1.54. The van der Waals surface area contributed by atoms with Gasteiger partial charge in [-0.3, -0.25) is 10.2 Å². The largest absolute Gasteiger partial charge is 0.497 e. The average Bonchev–Trinajstić information content (AvgIpc) is 3.49. The number of azide groups is 1. The SMILES string of the molecule is COc1cccc([C@@H]2OC(c3ccc(OCCCO)cc3)=N[C@]2(Cc2ccccc2CN=[N+]=[N-])C(=O)NNCc2ccc(Cl)cc2Cl)c1. The number of carbonyl (C=O) groups excluding carboxylic acids is 1. The van der Waals surface area contributed by atoms with Gasteiger partial charge in [0, 0.05) is 46.5 Å². The maximum absolute atomic E-state index is 14.6. The summed E-state index contributed by atoms with van der Waals surface area (Å²) in [7, 11) is 1.57. The lowest BCUT2D eigenvalue weighted by molar-refractivity contribution is -0.130. The highest BCUT2D eigenvalue weighted by molar-refractivity contribution is 6.35. The van der Waals surface area contributed by atoms with Crippen LogP contribution in [0.2, 0.25) is 10.0 Å². The molecule has 0 saturated heterocycles. The van der Waals surface area contributed by atoms with Crippen molar-refractivity contribution in [1.29, 1.82) is 0 Å². The van der Waals surface area contributed by atoms with Gasteiger partial charge in [0.2, 0.25) is 5.90 Å². The molecule has 3 N–H and O–H groups in total. The van der Waals surface area contributed by atoms with Crippen LogP contribution in [0.15, 0.2) is 101 Å². The molecule has 48 heavy (non-hydrogen) atoms. The smallest absolute Gasteiger partial charge is 0.266 e. The van der Waals surface area contributed by atoms with Crippen molar-refractivity contribution in [1.82, 2.24) is 10.9 Å². The predicted octanol–water partition coefficient (Wildman–Crippen LogP) is 6.89.